The summed E-state index contributed by atoms with van der Waals surface area (Å²) in [5.74, 6) is 1.80. The van der Waals surface area contributed by atoms with Gasteiger partial charge in [0.05, 0.1) is 0 Å². The molecule has 2 rings (SSSR count). The molecular weight excluding hydrogens is 254 g/mol. The highest BCUT2D eigenvalue weighted by Gasteiger charge is 2.07. The fourth-order valence-electron chi connectivity index (χ4n) is 1.91. The van der Waals surface area contributed by atoms with E-state index in [0.717, 1.165) is 17.7 Å². The van der Waals surface area contributed by atoms with Crippen LogP contribution in [0.3, 0.4) is 0 Å². The summed E-state index contributed by atoms with van der Waals surface area (Å²) in [4.78, 5) is 10.2. The van der Waals surface area contributed by atoms with Crippen LogP contribution < -0.4 is 5.73 Å². The standard InChI is InChI=1S/C15H19N3S/c1-10(2)8-12-9-14(16)18-15(17-12)11-4-6-13(19-3)7-5-11/h4-7,9-10H,8H2,1-3H3,(H2,16,17,18). The van der Waals surface area contributed by atoms with Gasteiger partial charge in [-0.05, 0) is 30.7 Å². The van der Waals surface area contributed by atoms with Crippen LogP contribution in [0.5, 0.6) is 0 Å². The van der Waals surface area contributed by atoms with Crippen LogP contribution in [0.25, 0.3) is 11.4 Å². The highest BCUT2D eigenvalue weighted by atomic mass is 32.2. The molecule has 0 aliphatic rings. The number of anilines is 1. The van der Waals surface area contributed by atoms with Crippen LogP contribution in [-0.4, -0.2) is 16.2 Å². The summed E-state index contributed by atoms with van der Waals surface area (Å²) in [5.41, 5.74) is 7.89. The molecule has 3 nitrogen and oxygen atoms in total. The zero-order chi connectivity index (χ0) is 13.8. The van der Waals surface area contributed by atoms with Crippen LogP contribution in [0.1, 0.15) is 19.5 Å². The lowest BCUT2D eigenvalue weighted by molar-refractivity contribution is 0.635. The second kappa shape index (κ2) is 6.06. The van der Waals surface area contributed by atoms with Gasteiger partial charge in [0.15, 0.2) is 5.82 Å². The van der Waals surface area contributed by atoms with Crippen LogP contribution in [0.15, 0.2) is 35.2 Å². The molecule has 19 heavy (non-hydrogen) atoms. The van der Waals surface area contributed by atoms with E-state index < -0.39 is 0 Å². The maximum absolute atomic E-state index is 5.87. The summed E-state index contributed by atoms with van der Waals surface area (Å²) in [5, 5.41) is 0. The normalized spacial score (nSPS) is 10.9. The average Bonchev–Trinajstić information content (AvgIpc) is 2.37. The lowest BCUT2D eigenvalue weighted by Gasteiger charge is -2.08. The first kappa shape index (κ1) is 13.9. The number of thioether (sulfide) groups is 1. The third kappa shape index (κ3) is 3.70. The Morgan fingerprint density at radius 1 is 1.16 bits per heavy atom. The lowest BCUT2D eigenvalue weighted by atomic mass is 10.1. The molecule has 1 aromatic heterocycles. The van der Waals surface area contributed by atoms with Crippen LogP contribution in [-0.2, 0) is 6.42 Å². The Morgan fingerprint density at radius 3 is 2.42 bits per heavy atom. The van der Waals surface area contributed by atoms with E-state index in [9.17, 15) is 0 Å². The summed E-state index contributed by atoms with van der Waals surface area (Å²) in [7, 11) is 0. The number of benzene rings is 1. The highest BCUT2D eigenvalue weighted by molar-refractivity contribution is 7.98. The third-order valence-electron chi connectivity index (χ3n) is 2.76. The monoisotopic (exact) mass is 273 g/mol. The topological polar surface area (TPSA) is 51.8 Å². The quantitative estimate of drug-likeness (QED) is 0.864. The van der Waals surface area contributed by atoms with Gasteiger partial charge in [0.1, 0.15) is 5.82 Å². The van der Waals surface area contributed by atoms with Crippen LogP contribution in [0.2, 0.25) is 0 Å². The molecule has 0 atom stereocenters. The average molecular weight is 273 g/mol. The Kier molecular flexibility index (Phi) is 4.43. The number of aromatic nitrogens is 2. The number of nitrogens with zero attached hydrogens (tertiary/aromatic N) is 2. The fourth-order valence-corrected chi connectivity index (χ4v) is 2.32. The van der Waals surface area contributed by atoms with Crippen molar-refractivity contribution in [2.75, 3.05) is 12.0 Å². The van der Waals surface area contributed by atoms with Gasteiger partial charge in [-0.3, -0.25) is 0 Å². The van der Waals surface area contributed by atoms with Crippen LogP contribution in [0.4, 0.5) is 5.82 Å². The van der Waals surface area contributed by atoms with E-state index >= 15 is 0 Å². The zero-order valence-electron chi connectivity index (χ0n) is 11.6. The van der Waals surface area contributed by atoms with E-state index in [1.165, 1.54) is 4.90 Å². The first-order valence-corrected chi connectivity index (χ1v) is 7.59. The molecule has 0 radical (unpaired) electrons. The number of hydrogen-bond donors (Lipinski definition) is 1. The Labute approximate surface area is 118 Å². The largest absolute Gasteiger partial charge is 0.384 e. The Morgan fingerprint density at radius 2 is 1.84 bits per heavy atom. The van der Waals surface area contributed by atoms with Gasteiger partial charge in [0.25, 0.3) is 0 Å². The highest BCUT2D eigenvalue weighted by Crippen LogP contribution is 2.22. The van der Waals surface area contributed by atoms with Gasteiger partial charge in [-0.2, -0.15) is 0 Å². The van der Waals surface area contributed by atoms with Gasteiger partial charge in [-0.25, -0.2) is 9.97 Å². The molecule has 1 aromatic carbocycles. The molecule has 1 heterocycles. The fraction of sp³-hybridized carbons (Fsp3) is 0.333. The van der Waals surface area contributed by atoms with Gasteiger partial charge < -0.3 is 5.73 Å². The Balaban J connectivity index is 2.34. The first-order valence-electron chi connectivity index (χ1n) is 6.36. The van der Waals surface area contributed by atoms with E-state index in [4.69, 9.17) is 5.73 Å². The second-order valence-electron chi connectivity index (χ2n) is 4.93. The smallest absolute Gasteiger partial charge is 0.161 e. The molecule has 0 aliphatic carbocycles. The van der Waals surface area contributed by atoms with E-state index in [1.54, 1.807) is 11.8 Å². The molecule has 0 saturated carbocycles. The van der Waals surface area contributed by atoms with E-state index in [1.807, 2.05) is 18.2 Å². The van der Waals surface area contributed by atoms with Gasteiger partial charge in [0, 0.05) is 22.2 Å². The maximum atomic E-state index is 5.87. The maximum Gasteiger partial charge on any atom is 0.161 e. The van der Waals surface area contributed by atoms with Gasteiger partial charge in [-0.15, -0.1) is 11.8 Å². The minimum atomic E-state index is 0.537. The van der Waals surface area contributed by atoms with Crippen LogP contribution >= 0.6 is 11.8 Å². The minimum absolute atomic E-state index is 0.537. The Hall–Kier alpha value is -1.55. The van der Waals surface area contributed by atoms with Crippen molar-refractivity contribution in [1.29, 1.82) is 0 Å². The summed E-state index contributed by atoms with van der Waals surface area (Å²) in [6.07, 6.45) is 2.98. The molecule has 0 saturated heterocycles. The van der Waals surface area contributed by atoms with E-state index in [2.05, 4.69) is 42.2 Å². The Bertz CT molecular complexity index is 550. The predicted octanol–water partition coefficient (Wildman–Crippen LogP) is 3.65. The van der Waals surface area contributed by atoms with Gasteiger partial charge >= 0.3 is 0 Å². The summed E-state index contributed by atoms with van der Waals surface area (Å²) >= 11 is 1.72. The van der Waals surface area contributed by atoms with Crippen molar-refractivity contribution < 1.29 is 0 Å². The molecule has 0 fully saturated rings. The van der Waals surface area contributed by atoms with Crippen molar-refractivity contribution >= 4 is 17.6 Å². The van der Waals surface area contributed by atoms with E-state index in [-0.39, 0.29) is 0 Å². The van der Waals surface area contributed by atoms with Crippen molar-refractivity contribution in [2.45, 2.75) is 25.2 Å². The van der Waals surface area contributed by atoms with Gasteiger partial charge in [0.2, 0.25) is 0 Å². The van der Waals surface area contributed by atoms with Crippen LogP contribution in [0, 0.1) is 5.92 Å². The number of nitrogen functional groups attached to an aromatic ring is 1. The number of rotatable bonds is 4. The second-order valence-corrected chi connectivity index (χ2v) is 5.81. The SMILES string of the molecule is CSc1ccc(-c2nc(N)cc(CC(C)C)n2)cc1. The molecule has 0 spiro atoms. The molecule has 100 valence electrons. The van der Waals surface area contributed by atoms with Crippen molar-refractivity contribution in [1.82, 2.24) is 9.97 Å². The molecule has 2 N–H and O–H groups in total. The van der Waals surface area contributed by atoms with E-state index in [0.29, 0.717) is 17.6 Å². The molecular formula is C15H19N3S. The molecule has 4 heteroatoms. The lowest BCUT2D eigenvalue weighted by Crippen LogP contribution is -2.03. The molecule has 2 aromatic rings. The molecule has 0 amide bonds. The summed E-state index contributed by atoms with van der Waals surface area (Å²) in [6.45, 7) is 4.34. The zero-order valence-corrected chi connectivity index (χ0v) is 12.4. The first-order chi connectivity index (χ1) is 9.08. The number of nitrogens with two attached hydrogens (primary N) is 1. The summed E-state index contributed by atoms with van der Waals surface area (Å²) in [6, 6.07) is 10.1. The minimum Gasteiger partial charge on any atom is -0.384 e. The number of hydrogen-bond acceptors (Lipinski definition) is 4. The summed E-state index contributed by atoms with van der Waals surface area (Å²) < 4.78 is 0. The van der Waals surface area contributed by atoms with Crippen molar-refractivity contribution in [3.05, 3.63) is 36.0 Å². The van der Waals surface area contributed by atoms with Gasteiger partial charge in [-0.1, -0.05) is 26.0 Å². The molecule has 0 bridgehead atoms. The third-order valence-corrected chi connectivity index (χ3v) is 3.51. The van der Waals surface area contributed by atoms with Crippen molar-refractivity contribution in [3.8, 4) is 11.4 Å². The molecule has 0 aliphatic heterocycles. The van der Waals surface area contributed by atoms with Crippen molar-refractivity contribution in [3.63, 3.8) is 0 Å². The predicted molar refractivity (Wildman–Crippen MR) is 82.2 cm³/mol. The van der Waals surface area contributed by atoms with Crippen molar-refractivity contribution in [2.24, 2.45) is 5.92 Å². The molecule has 0 unspecified atom stereocenters.